The smallest absolute Gasteiger partial charge is 0.241 e. The van der Waals surface area contributed by atoms with Gasteiger partial charge in [-0.05, 0) is 56.9 Å². The Labute approximate surface area is 172 Å². The van der Waals surface area contributed by atoms with Crippen LogP contribution in [0.15, 0.2) is 53.4 Å². The molecule has 2 aromatic rings. The van der Waals surface area contributed by atoms with Crippen molar-refractivity contribution in [3.05, 3.63) is 65.2 Å². The van der Waals surface area contributed by atoms with Crippen LogP contribution >= 0.6 is 11.8 Å². The van der Waals surface area contributed by atoms with Crippen molar-refractivity contribution in [2.75, 3.05) is 12.0 Å². The number of amides is 1. The van der Waals surface area contributed by atoms with Crippen LogP contribution in [0.1, 0.15) is 36.1 Å². The van der Waals surface area contributed by atoms with E-state index in [1.165, 1.54) is 0 Å². The van der Waals surface area contributed by atoms with Crippen LogP contribution in [0.5, 0.6) is 0 Å². The van der Waals surface area contributed by atoms with Gasteiger partial charge >= 0.3 is 0 Å². The first-order chi connectivity index (χ1) is 13.2. The van der Waals surface area contributed by atoms with Gasteiger partial charge in [0.15, 0.2) is 0 Å². The van der Waals surface area contributed by atoms with Crippen molar-refractivity contribution < 1.29 is 13.2 Å². The van der Waals surface area contributed by atoms with Gasteiger partial charge in [-0.3, -0.25) is 4.79 Å². The van der Waals surface area contributed by atoms with Gasteiger partial charge in [-0.25, -0.2) is 8.42 Å². The lowest BCUT2D eigenvalue weighted by Crippen LogP contribution is -2.47. The summed E-state index contributed by atoms with van der Waals surface area (Å²) >= 11 is 1.57. The van der Waals surface area contributed by atoms with Crippen molar-refractivity contribution in [2.24, 2.45) is 0 Å². The Morgan fingerprint density at radius 3 is 2.07 bits per heavy atom. The first-order valence-corrected chi connectivity index (χ1v) is 12.1. The largest absolute Gasteiger partial charge is 0.348 e. The number of carbonyl (C=O) groups is 1. The molecule has 2 rings (SSSR count). The van der Waals surface area contributed by atoms with Gasteiger partial charge in [-0.2, -0.15) is 16.5 Å². The van der Waals surface area contributed by atoms with Gasteiger partial charge in [0.05, 0.1) is 10.9 Å². The normalized spacial score (nSPS) is 13.7. The average Bonchev–Trinajstić information content (AvgIpc) is 2.65. The Bertz CT molecular complexity index is 879. The monoisotopic (exact) mass is 420 g/mol. The van der Waals surface area contributed by atoms with E-state index in [1.54, 1.807) is 36.0 Å². The highest BCUT2D eigenvalue weighted by molar-refractivity contribution is 7.98. The summed E-state index contributed by atoms with van der Waals surface area (Å²) in [5.41, 5.74) is 3.09. The van der Waals surface area contributed by atoms with Gasteiger partial charge < -0.3 is 5.32 Å². The molecule has 5 nitrogen and oxygen atoms in total. The minimum Gasteiger partial charge on any atom is -0.348 e. The van der Waals surface area contributed by atoms with Crippen molar-refractivity contribution in [3.63, 3.8) is 0 Å². The van der Waals surface area contributed by atoms with E-state index in [0.717, 1.165) is 16.7 Å². The van der Waals surface area contributed by atoms with Crippen LogP contribution in [-0.2, 0) is 14.8 Å². The lowest BCUT2D eigenvalue weighted by atomic mass is 10.1. The molecule has 152 valence electrons. The van der Waals surface area contributed by atoms with E-state index in [1.807, 2.05) is 51.3 Å². The topological polar surface area (TPSA) is 75.3 Å². The molecule has 2 aromatic carbocycles. The summed E-state index contributed by atoms with van der Waals surface area (Å²) in [5, 5.41) is 2.93. The zero-order chi connectivity index (χ0) is 20.7. The second kappa shape index (κ2) is 10.1. The molecular formula is C21H28N2O3S2. The Morgan fingerprint density at radius 2 is 1.54 bits per heavy atom. The first kappa shape index (κ1) is 22.5. The standard InChI is InChI=1S/C21H28N2O3S2/c1-15-5-9-18(10-6-15)17(3)22-21(24)20(13-14-27-4)23-28(25,26)19-11-7-16(2)8-12-19/h5-12,17,20,23H,13-14H2,1-4H3,(H,22,24). The Morgan fingerprint density at radius 1 is 1.00 bits per heavy atom. The SMILES string of the molecule is CSCCC(NS(=O)(=O)c1ccc(C)cc1)C(=O)NC(C)c1ccc(C)cc1. The molecule has 2 unspecified atom stereocenters. The first-order valence-electron chi connectivity index (χ1n) is 9.18. The number of sulfonamides is 1. The van der Waals surface area contributed by atoms with Crippen LogP contribution in [0.4, 0.5) is 0 Å². The zero-order valence-corrected chi connectivity index (χ0v) is 18.4. The fourth-order valence-corrected chi connectivity index (χ4v) is 4.41. The van der Waals surface area contributed by atoms with E-state index in [0.29, 0.717) is 12.2 Å². The molecule has 0 aliphatic heterocycles. The third-order valence-electron chi connectivity index (χ3n) is 4.49. The Hall–Kier alpha value is -1.83. The molecule has 0 heterocycles. The minimum absolute atomic E-state index is 0.159. The van der Waals surface area contributed by atoms with Crippen molar-refractivity contribution in [2.45, 2.75) is 44.2 Å². The summed E-state index contributed by atoms with van der Waals surface area (Å²) in [5.74, 6) is 0.353. The highest BCUT2D eigenvalue weighted by Gasteiger charge is 2.26. The van der Waals surface area contributed by atoms with Crippen molar-refractivity contribution in [1.29, 1.82) is 0 Å². The number of thioether (sulfide) groups is 1. The van der Waals surface area contributed by atoms with E-state index in [-0.39, 0.29) is 16.8 Å². The molecule has 0 spiro atoms. The molecule has 0 radical (unpaired) electrons. The molecule has 0 aliphatic carbocycles. The molecule has 0 aromatic heterocycles. The van der Waals surface area contributed by atoms with Gasteiger partial charge in [-0.1, -0.05) is 47.5 Å². The van der Waals surface area contributed by atoms with Crippen LogP contribution in [-0.4, -0.2) is 32.4 Å². The maximum absolute atomic E-state index is 12.8. The summed E-state index contributed by atoms with van der Waals surface area (Å²) in [7, 11) is -3.78. The van der Waals surface area contributed by atoms with Crippen molar-refractivity contribution >= 4 is 27.7 Å². The molecule has 0 saturated carbocycles. The molecule has 7 heteroatoms. The number of hydrogen-bond acceptors (Lipinski definition) is 4. The molecule has 2 N–H and O–H groups in total. The maximum Gasteiger partial charge on any atom is 0.241 e. The van der Waals surface area contributed by atoms with Crippen LogP contribution < -0.4 is 10.0 Å². The fraction of sp³-hybridized carbons (Fsp3) is 0.381. The number of hydrogen-bond donors (Lipinski definition) is 2. The predicted molar refractivity (Wildman–Crippen MR) is 116 cm³/mol. The lowest BCUT2D eigenvalue weighted by Gasteiger charge is -2.21. The third-order valence-corrected chi connectivity index (χ3v) is 6.62. The van der Waals surface area contributed by atoms with E-state index in [4.69, 9.17) is 0 Å². The zero-order valence-electron chi connectivity index (χ0n) is 16.7. The van der Waals surface area contributed by atoms with Gasteiger partial charge in [0.25, 0.3) is 0 Å². The van der Waals surface area contributed by atoms with Crippen molar-refractivity contribution in [1.82, 2.24) is 10.0 Å². The molecule has 0 fully saturated rings. The van der Waals surface area contributed by atoms with E-state index >= 15 is 0 Å². The number of benzene rings is 2. The maximum atomic E-state index is 12.8. The highest BCUT2D eigenvalue weighted by Crippen LogP contribution is 2.15. The Balaban J connectivity index is 2.13. The highest BCUT2D eigenvalue weighted by atomic mass is 32.2. The van der Waals surface area contributed by atoms with Crippen LogP contribution in [0.3, 0.4) is 0 Å². The van der Waals surface area contributed by atoms with Gasteiger partial charge in [0, 0.05) is 0 Å². The second-order valence-corrected chi connectivity index (χ2v) is 9.61. The second-order valence-electron chi connectivity index (χ2n) is 6.91. The van der Waals surface area contributed by atoms with Crippen LogP contribution in [0.25, 0.3) is 0 Å². The van der Waals surface area contributed by atoms with Crippen molar-refractivity contribution in [3.8, 4) is 0 Å². The molecule has 0 saturated heterocycles. The Kier molecular flexibility index (Phi) is 8.10. The number of aryl methyl sites for hydroxylation is 2. The third kappa shape index (κ3) is 6.36. The average molecular weight is 421 g/mol. The lowest BCUT2D eigenvalue weighted by molar-refractivity contribution is -0.123. The summed E-state index contributed by atoms with van der Waals surface area (Å²) in [6, 6.07) is 13.5. The van der Waals surface area contributed by atoms with Gasteiger partial charge in [0.1, 0.15) is 6.04 Å². The predicted octanol–water partition coefficient (Wildman–Crippen LogP) is 3.58. The van der Waals surface area contributed by atoms with Gasteiger partial charge in [-0.15, -0.1) is 0 Å². The summed E-state index contributed by atoms with van der Waals surface area (Å²) in [6.07, 6.45) is 2.34. The summed E-state index contributed by atoms with van der Waals surface area (Å²) in [6.45, 7) is 5.79. The number of rotatable bonds is 9. The van der Waals surface area contributed by atoms with Crippen LogP contribution in [0, 0.1) is 13.8 Å². The molecule has 0 bridgehead atoms. The molecule has 1 amide bonds. The number of nitrogens with one attached hydrogen (secondary N) is 2. The van der Waals surface area contributed by atoms with E-state index < -0.39 is 16.1 Å². The fourth-order valence-electron chi connectivity index (χ4n) is 2.70. The quantitative estimate of drug-likeness (QED) is 0.650. The number of carbonyl (C=O) groups excluding carboxylic acids is 1. The molecule has 0 aliphatic rings. The minimum atomic E-state index is -3.78. The molecular weight excluding hydrogens is 392 g/mol. The summed E-state index contributed by atoms with van der Waals surface area (Å²) in [4.78, 5) is 13.0. The van der Waals surface area contributed by atoms with Crippen LogP contribution in [0.2, 0.25) is 0 Å². The summed E-state index contributed by atoms with van der Waals surface area (Å²) < 4.78 is 28.0. The molecule has 28 heavy (non-hydrogen) atoms. The van der Waals surface area contributed by atoms with E-state index in [9.17, 15) is 13.2 Å². The van der Waals surface area contributed by atoms with Gasteiger partial charge in [0.2, 0.25) is 15.9 Å². The van der Waals surface area contributed by atoms with E-state index in [2.05, 4.69) is 10.0 Å². The molecule has 2 atom stereocenters.